The molecule has 1 aliphatic heterocycles. The van der Waals surface area contributed by atoms with Crippen LogP contribution < -0.4 is 10.6 Å². The zero-order valence-corrected chi connectivity index (χ0v) is 14.6. The lowest BCUT2D eigenvalue weighted by Gasteiger charge is -2.10. The monoisotopic (exact) mass is 350 g/mol. The zero-order chi connectivity index (χ0) is 17.8. The number of fused-ring (bicyclic) bond motifs is 1. The first-order valence-electron chi connectivity index (χ1n) is 8.95. The standard InChI is InChI=1S/C19H22N6O/c26-19(8-7-15-13-16-14-20-9-3-11-24(16)23-15)22-17-5-1-2-6-18(17)25-12-4-10-21-25/h1-2,4-6,10,12-13,20H,3,7-9,11,14H2,(H,22,26). The van der Waals surface area contributed by atoms with Gasteiger partial charge in [0.05, 0.1) is 22.8 Å². The third-order valence-corrected chi connectivity index (χ3v) is 4.48. The molecule has 1 aromatic carbocycles. The minimum Gasteiger partial charge on any atom is -0.324 e. The van der Waals surface area contributed by atoms with E-state index >= 15 is 0 Å². The molecule has 7 nitrogen and oxygen atoms in total. The summed E-state index contributed by atoms with van der Waals surface area (Å²) in [6, 6.07) is 11.6. The Hall–Kier alpha value is -2.93. The van der Waals surface area contributed by atoms with Gasteiger partial charge in [-0.1, -0.05) is 12.1 Å². The molecule has 0 bridgehead atoms. The lowest BCUT2D eigenvalue weighted by molar-refractivity contribution is -0.116. The maximum absolute atomic E-state index is 12.4. The number of carbonyl (C=O) groups excluding carboxylic acids is 1. The number of rotatable bonds is 5. The van der Waals surface area contributed by atoms with Gasteiger partial charge < -0.3 is 10.6 Å². The van der Waals surface area contributed by atoms with E-state index in [0.29, 0.717) is 12.8 Å². The second-order valence-electron chi connectivity index (χ2n) is 6.40. The van der Waals surface area contributed by atoms with Crippen molar-refractivity contribution in [3.8, 4) is 5.69 Å². The minimum absolute atomic E-state index is 0.0223. The Morgan fingerprint density at radius 3 is 3.08 bits per heavy atom. The molecule has 7 heteroatoms. The van der Waals surface area contributed by atoms with Crippen molar-refractivity contribution in [1.29, 1.82) is 0 Å². The van der Waals surface area contributed by atoms with Gasteiger partial charge in [0.15, 0.2) is 0 Å². The normalized spacial score (nSPS) is 13.8. The number of aryl methyl sites for hydroxylation is 2. The average molecular weight is 350 g/mol. The fraction of sp³-hybridized carbons (Fsp3) is 0.316. The summed E-state index contributed by atoms with van der Waals surface area (Å²) in [4.78, 5) is 12.4. The Labute approximate surface area is 152 Å². The molecule has 0 saturated carbocycles. The van der Waals surface area contributed by atoms with E-state index in [4.69, 9.17) is 0 Å². The minimum atomic E-state index is -0.0223. The fourth-order valence-corrected chi connectivity index (χ4v) is 3.19. The number of anilines is 1. The molecule has 2 aromatic heterocycles. The van der Waals surface area contributed by atoms with E-state index in [1.165, 1.54) is 5.69 Å². The highest BCUT2D eigenvalue weighted by Crippen LogP contribution is 2.19. The third kappa shape index (κ3) is 3.67. The SMILES string of the molecule is O=C(CCc1cc2n(n1)CCCNC2)Nc1ccccc1-n1cccn1. The largest absolute Gasteiger partial charge is 0.324 e. The molecule has 1 aliphatic rings. The summed E-state index contributed by atoms with van der Waals surface area (Å²) in [5.74, 6) is -0.0223. The molecule has 3 heterocycles. The molecule has 2 N–H and O–H groups in total. The first-order valence-corrected chi connectivity index (χ1v) is 8.95. The summed E-state index contributed by atoms with van der Waals surface area (Å²) in [7, 11) is 0. The van der Waals surface area contributed by atoms with Gasteiger partial charge in [-0.2, -0.15) is 10.2 Å². The van der Waals surface area contributed by atoms with Gasteiger partial charge in [-0.05, 0) is 37.2 Å². The molecular formula is C19H22N6O. The van der Waals surface area contributed by atoms with Gasteiger partial charge in [-0.3, -0.25) is 9.48 Å². The van der Waals surface area contributed by atoms with Crippen LogP contribution in [0.1, 0.15) is 24.2 Å². The second-order valence-corrected chi connectivity index (χ2v) is 6.40. The molecule has 0 unspecified atom stereocenters. The van der Waals surface area contributed by atoms with Gasteiger partial charge >= 0.3 is 0 Å². The predicted octanol–water partition coefficient (Wildman–Crippen LogP) is 2.13. The van der Waals surface area contributed by atoms with Gasteiger partial charge in [0.1, 0.15) is 0 Å². The van der Waals surface area contributed by atoms with Crippen LogP contribution in [0.5, 0.6) is 0 Å². The van der Waals surface area contributed by atoms with E-state index < -0.39 is 0 Å². The molecule has 26 heavy (non-hydrogen) atoms. The Morgan fingerprint density at radius 1 is 1.27 bits per heavy atom. The molecule has 4 rings (SSSR count). The van der Waals surface area contributed by atoms with Gasteiger partial charge in [0.25, 0.3) is 0 Å². The molecule has 1 amide bonds. The molecule has 0 saturated heterocycles. The number of amides is 1. The zero-order valence-electron chi connectivity index (χ0n) is 14.6. The summed E-state index contributed by atoms with van der Waals surface area (Å²) in [5.41, 5.74) is 3.78. The van der Waals surface area contributed by atoms with Crippen LogP contribution in [0.25, 0.3) is 5.69 Å². The summed E-state index contributed by atoms with van der Waals surface area (Å²) >= 11 is 0. The number of benzene rings is 1. The molecule has 0 atom stereocenters. The van der Waals surface area contributed by atoms with Crippen molar-refractivity contribution < 1.29 is 4.79 Å². The van der Waals surface area contributed by atoms with Gasteiger partial charge in [0.2, 0.25) is 5.91 Å². The first kappa shape index (κ1) is 16.5. The summed E-state index contributed by atoms with van der Waals surface area (Å²) < 4.78 is 3.80. The number of nitrogens with one attached hydrogen (secondary N) is 2. The van der Waals surface area contributed by atoms with Crippen molar-refractivity contribution in [2.24, 2.45) is 0 Å². The third-order valence-electron chi connectivity index (χ3n) is 4.48. The molecule has 3 aromatic rings. The number of nitrogens with zero attached hydrogens (tertiary/aromatic N) is 4. The molecule has 0 aliphatic carbocycles. The van der Waals surface area contributed by atoms with Gasteiger partial charge in [0, 0.05) is 38.3 Å². The maximum atomic E-state index is 12.4. The number of hydrogen-bond acceptors (Lipinski definition) is 4. The van der Waals surface area contributed by atoms with Crippen LogP contribution in [0.15, 0.2) is 48.8 Å². The number of hydrogen-bond donors (Lipinski definition) is 2. The molecule has 0 radical (unpaired) electrons. The van der Waals surface area contributed by atoms with Gasteiger partial charge in [-0.25, -0.2) is 4.68 Å². The Balaban J connectivity index is 1.39. The Kier molecular flexibility index (Phi) is 4.79. The average Bonchev–Trinajstić information content (AvgIpc) is 3.26. The summed E-state index contributed by atoms with van der Waals surface area (Å²) in [5, 5.41) is 15.2. The summed E-state index contributed by atoms with van der Waals surface area (Å²) in [6.07, 6.45) is 5.69. The second kappa shape index (κ2) is 7.53. The molecular weight excluding hydrogens is 328 g/mol. The Bertz CT molecular complexity index is 860. The topological polar surface area (TPSA) is 76.8 Å². The van der Waals surface area contributed by atoms with Crippen LogP contribution >= 0.6 is 0 Å². The van der Waals surface area contributed by atoms with Crippen LogP contribution in [0.4, 0.5) is 5.69 Å². The smallest absolute Gasteiger partial charge is 0.224 e. The van der Waals surface area contributed by atoms with E-state index in [0.717, 1.165) is 43.1 Å². The van der Waals surface area contributed by atoms with Crippen molar-refractivity contribution in [2.75, 3.05) is 11.9 Å². The quantitative estimate of drug-likeness (QED) is 0.739. The highest BCUT2D eigenvalue weighted by atomic mass is 16.1. The van der Waals surface area contributed by atoms with Gasteiger partial charge in [-0.15, -0.1) is 0 Å². The lowest BCUT2D eigenvalue weighted by atomic mass is 10.2. The van der Waals surface area contributed by atoms with E-state index in [1.54, 1.807) is 10.9 Å². The fourth-order valence-electron chi connectivity index (χ4n) is 3.19. The number of carbonyl (C=O) groups is 1. The maximum Gasteiger partial charge on any atom is 0.224 e. The lowest BCUT2D eigenvalue weighted by Crippen LogP contribution is -2.14. The van der Waals surface area contributed by atoms with Crippen molar-refractivity contribution in [2.45, 2.75) is 32.4 Å². The molecule has 0 spiro atoms. The van der Waals surface area contributed by atoms with Crippen molar-refractivity contribution in [3.63, 3.8) is 0 Å². The van der Waals surface area contributed by atoms with Crippen molar-refractivity contribution >= 4 is 11.6 Å². The molecule has 0 fully saturated rings. The first-order chi connectivity index (χ1) is 12.8. The van der Waals surface area contributed by atoms with Crippen LogP contribution in [-0.2, 0) is 24.3 Å². The van der Waals surface area contributed by atoms with Crippen molar-refractivity contribution in [1.82, 2.24) is 24.9 Å². The van der Waals surface area contributed by atoms with Crippen LogP contribution in [0, 0.1) is 0 Å². The van der Waals surface area contributed by atoms with E-state index in [-0.39, 0.29) is 5.91 Å². The van der Waals surface area contributed by atoms with E-state index in [2.05, 4.69) is 31.6 Å². The Morgan fingerprint density at radius 2 is 2.19 bits per heavy atom. The number of aromatic nitrogens is 4. The van der Waals surface area contributed by atoms with E-state index in [9.17, 15) is 4.79 Å². The highest BCUT2D eigenvalue weighted by molar-refractivity contribution is 5.92. The molecule has 134 valence electrons. The van der Waals surface area contributed by atoms with Crippen LogP contribution in [0.3, 0.4) is 0 Å². The predicted molar refractivity (Wildman–Crippen MR) is 99.1 cm³/mol. The highest BCUT2D eigenvalue weighted by Gasteiger charge is 2.13. The van der Waals surface area contributed by atoms with Crippen molar-refractivity contribution in [3.05, 3.63) is 60.2 Å². The van der Waals surface area contributed by atoms with E-state index in [1.807, 2.05) is 36.5 Å². The summed E-state index contributed by atoms with van der Waals surface area (Å²) in [6.45, 7) is 2.80. The number of para-hydroxylation sites is 2. The van der Waals surface area contributed by atoms with Crippen LogP contribution in [-0.4, -0.2) is 32.0 Å². The van der Waals surface area contributed by atoms with Crippen LogP contribution in [0.2, 0.25) is 0 Å².